The zero-order valence-corrected chi connectivity index (χ0v) is 23.4. The number of carboxylic acid groups (broad SMARTS) is 1. The van der Waals surface area contributed by atoms with Gasteiger partial charge in [-0.05, 0) is 35.2 Å². The molecule has 0 amide bonds. The molecule has 0 fully saturated rings. The van der Waals surface area contributed by atoms with Gasteiger partial charge in [-0.25, -0.2) is 4.98 Å². The van der Waals surface area contributed by atoms with Crippen LogP contribution >= 0.6 is 11.6 Å². The third kappa shape index (κ3) is 6.84. The molecule has 0 bridgehead atoms. The number of benzene rings is 3. The second-order valence-corrected chi connectivity index (χ2v) is 10.4. The van der Waals surface area contributed by atoms with Gasteiger partial charge in [-0.15, -0.1) is 0 Å². The van der Waals surface area contributed by atoms with Gasteiger partial charge in [0.25, 0.3) is 0 Å². The monoisotopic (exact) mass is 558 g/mol. The van der Waals surface area contributed by atoms with Gasteiger partial charge in [0.2, 0.25) is 0 Å². The summed E-state index contributed by atoms with van der Waals surface area (Å²) in [6.45, 7) is 5.95. The largest absolute Gasteiger partial charge is 0.550 e. The van der Waals surface area contributed by atoms with Crippen molar-refractivity contribution in [2.45, 2.75) is 52.4 Å². The molecule has 1 aliphatic heterocycles. The first kappa shape index (κ1) is 27.7. The highest BCUT2D eigenvalue weighted by atomic mass is 35.5. The summed E-state index contributed by atoms with van der Waals surface area (Å²) in [6.07, 6.45) is 1.97. The minimum absolute atomic E-state index is 0.102. The topological polar surface area (TPSA) is 79.7 Å². The first-order valence-corrected chi connectivity index (χ1v) is 14.1. The molecule has 1 aromatic heterocycles. The van der Waals surface area contributed by atoms with Crippen LogP contribution in [0.5, 0.6) is 11.5 Å². The van der Waals surface area contributed by atoms with Crippen molar-refractivity contribution in [3.05, 3.63) is 100 Å². The van der Waals surface area contributed by atoms with Gasteiger partial charge >= 0.3 is 0 Å². The Hall–Kier alpha value is -3.81. The van der Waals surface area contributed by atoms with Crippen LogP contribution in [0.25, 0.3) is 11.4 Å². The Kier molecular flexibility index (Phi) is 9.04. The molecule has 5 rings (SSSR count). The van der Waals surface area contributed by atoms with Crippen molar-refractivity contribution in [3.63, 3.8) is 0 Å². The van der Waals surface area contributed by atoms with Crippen molar-refractivity contribution in [1.82, 2.24) is 14.5 Å². The Morgan fingerprint density at radius 1 is 0.925 bits per heavy atom. The summed E-state index contributed by atoms with van der Waals surface area (Å²) in [7, 11) is 0. The van der Waals surface area contributed by atoms with Gasteiger partial charge in [0.15, 0.2) is 16.7 Å². The van der Waals surface area contributed by atoms with Crippen LogP contribution in [0.1, 0.15) is 42.1 Å². The maximum Gasteiger partial charge on any atom is 0.161 e. The van der Waals surface area contributed by atoms with Gasteiger partial charge in [0.05, 0.1) is 5.69 Å². The van der Waals surface area contributed by atoms with Gasteiger partial charge in [-0.2, -0.15) is 0 Å². The maximum absolute atomic E-state index is 11.0. The Labute approximate surface area is 239 Å². The number of carbonyl (C=O) groups is 1. The number of aliphatic carboxylic acids is 1. The van der Waals surface area contributed by atoms with Gasteiger partial charge < -0.3 is 23.9 Å². The number of fused-ring (bicyclic) bond motifs is 1. The predicted octanol–water partition coefficient (Wildman–Crippen LogP) is 5.27. The number of halogens is 1. The zero-order chi connectivity index (χ0) is 27.9. The van der Waals surface area contributed by atoms with Gasteiger partial charge in [-0.3, -0.25) is 4.90 Å². The first-order valence-electron chi connectivity index (χ1n) is 13.7. The number of hydrogen-bond donors (Lipinski definition) is 0. The highest BCUT2D eigenvalue weighted by Crippen LogP contribution is 2.32. The van der Waals surface area contributed by atoms with Crippen molar-refractivity contribution in [3.8, 4) is 22.9 Å². The molecule has 0 N–H and O–H groups in total. The molecule has 2 heterocycles. The van der Waals surface area contributed by atoms with Crippen LogP contribution in [-0.2, 0) is 37.4 Å². The Bertz CT molecular complexity index is 1440. The first-order chi connectivity index (χ1) is 19.5. The van der Waals surface area contributed by atoms with Crippen LogP contribution in [-0.4, -0.2) is 33.6 Å². The van der Waals surface area contributed by atoms with E-state index in [2.05, 4.69) is 34.6 Å². The number of rotatable bonds is 12. The smallest absolute Gasteiger partial charge is 0.161 e. The van der Waals surface area contributed by atoms with Crippen molar-refractivity contribution in [2.24, 2.45) is 0 Å². The maximum atomic E-state index is 11.0. The lowest BCUT2D eigenvalue weighted by molar-refractivity contribution is -0.304. The van der Waals surface area contributed by atoms with Crippen LogP contribution in [0.3, 0.4) is 0 Å². The molecule has 4 aromatic rings. The van der Waals surface area contributed by atoms with E-state index in [-0.39, 0.29) is 6.42 Å². The number of hydrogen-bond acceptors (Lipinski definition) is 6. The number of carbonyl (C=O) groups excluding carboxylic acids is 1. The molecular formula is C32H33ClN3O4-. The van der Waals surface area contributed by atoms with Crippen molar-refractivity contribution < 1.29 is 19.4 Å². The molecule has 0 unspecified atom stereocenters. The van der Waals surface area contributed by atoms with E-state index in [4.69, 9.17) is 26.1 Å². The van der Waals surface area contributed by atoms with Crippen molar-refractivity contribution >= 4 is 17.6 Å². The Morgan fingerprint density at radius 3 is 2.33 bits per heavy atom. The highest BCUT2D eigenvalue weighted by Gasteiger charge is 2.21. The molecule has 40 heavy (non-hydrogen) atoms. The average molecular weight is 559 g/mol. The molecule has 8 heteroatoms. The van der Waals surface area contributed by atoms with E-state index < -0.39 is 5.97 Å². The van der Waals surface area contributed by atoms with E-state index in [1.165, 1.54) is 0 Å². The van der Waals surface area contributed by atoms with E-state index >= 15 is 0 Å². The number of ether oxygens (including phenoxy) is 2. The van der Waals surface area contributed by atoms with Crippen LogP contribution < -0.4 is 14.6 Å². The minimum Gasteiger partial charge on any atom is -0.550 e. The molecule has 0 spiro atoms. The van der Waals surface area contributed by atoms with Gasteiger partial charge in [0.1, 0.15) is 19.0 Å². The van der Waals surface area contributed by atoms with E-state index in [0.29, 0.717) is 38.0 Å². The molecule has 3 aromatic carbocycles. The second-order valence-electron chi connectivity index (χ2n) is 10.0. The van der Waals surface area contributed by atoms with Crippen LogP contribution in [0.4, 0.5) is 0 Å². The van der Waals surface area contributed by atoms with Crippen molar-refractivity contribution in [1.29, 1.82) is 0 Å². The summed E-state index contributed by atoms with van der Waals surface area (Å²) in [5.41, 5.74) is 4.89. The van der Waals surface area contributed by atoms with Crippen LogP contribution in [0.15, 0.2) is 72.8 Å². The normalized spacial score (nSPS) is 12.6. The molecule has 208 valence electrons. The lowest BCUT2D eigenvalue weighted by atomic mass is 10.1. The molecule has 0 radical (unpaired) electrons. The van der Waals surface area contributed by atoms with E-state index in [1.54, 1.807) is 0 Å². The molecule has 0 aliphatic carbocycles. The van der Waals surface area contributed by atoms with Crippen LogP contribution in [0.2, 0.25) is 5.15 Å². The summed E-state index contributed by atoms with van der Waals surface area (Å²) in [5.74, 6) is 1.31. The highest BCUT2D eigenvalue weighted by molar-refractivity contribution is 6.30. The fourth-order valence-corrected chi connectivity index (χ4v) is 5.23. The standard InChI is InChI=1S/C32H34ClN3O4/c1-2-3-15-36-27(31(33)34-32(36)26-7-5-4-6-8-26)22-35(20-24-11-9-23(10-12-24)19-30(37)38)21-25-13-14-28-29(18-25)40-17-16-39-28/h4-14,18H,2-3,15-17,19-22H2,1H3,(H,37,38)/p-1. The Balaban J connectivity index is 1.46. The Morgan fingerprint density at radius 2 is 1.60 bits per heavy atom. The molecular weight excluding hydrogens is 526 g/mol. The van der Waals surface area contributed by atoms with Crippen LogP contribution in [0, 0.1) is 0 Å². The number of carboxylic acids is 1. The molecule has 1 aliphatic rings. The number of nitrogens with zero attached hydrogens (tertiary/aromatic N) is 3. The quantitative estimate of drug-likeness (QED) is 0.236. The summed E-state index contributed by atoms with van der Waals surface area (Å²) < 4.78 is 13.8. The molecule has 0 saturated heterocycles. The summed E-state index contributed by atoms with van der Waals surface area (Å²) in [4.78, 5) is 18.1. The lowest BCUT2D eigenvalue weighted by Gasteiger charge is -2.25. The lowest BCUT2D eigenvalue weighted by Crippen LogP contribution is -2.25. The number of aromatic nitrogens is 2. The predicted molar refractivity (Wildman–Crippen MR) is 153 cm³/mol. The zero-order valence-electron chi connectivity index (χ0n) is 22.6. The fourth-order valence-electron chi connectivity index (χ4n) is 4.98. The summed E-state index contributed by atoms with van der Waals surface area (Å²) >= 11 is 6.84. The van der Waals surface area contributed by atoms with Gasteiger partial charge in [0, 0.05) is 44.1 Å². The van der Waals surface area contributed by atoms with Crippen molar-refractivity contribution in [2.75, 3.05) is 13.2 Å². The van der Waals surface area contributed by atoms with E-state index in [1.807, 2.05) is 54.6 Å². The minimum atomic E-state index is -1.09. The summed E-state index contributed by atoms with van der Waals surface area (Å²) in [5, 5.41) is 11.5. The average Bonchev–Trinajstić information content (AvgIpc) is 3.27. The summed E-state index contributed by atoms with van der Waals surface area (Å²) in [6, 6.07) is 23.9. The van der Waals surface area contributed by atoms with Gasteiger partial charge in [-0.1, -0.05) is 85.6 Å². The number of imidazole rings is 1. The third-order valence-electron chi connectivity index (χ3n) is 6.95. The fraction of sp³-hybridized carbons (Fsp3) is 0.312. The van der Waals surface area contributed by atoms with E-state index in [9.17, 15) is 9.90 Å². The molecule has 0 atom stereocenters. The number of unbranched alkanes of at least 4 members (excludes halogenated alkanes) is 1. The second kappa shape index (κ2) is 13.0. The third-order valence-corrected chi connectivity index (χ3v) is 7.26. The molecule has 0 saturated carbocycles. The van der Waals surface area contributed by atoms with E-state index in [0.717, 1.165) is 64.7 Å². The molecule has 7 nitrogen and oxygen atoms in total. The SMILES string of the molecule is CCCCn1c(-c2ccccc2)nc(Cl)c1CN(Cc1ccc(CC(=O)[O-])cc1)Cc1ccc2c(c1)OCCO2.